The number of hydrogen-bond donors (Lipinski definition) is 1. The van der Waals surface area contributed by atoms with Gasteiger partial charge in [-0.15, -0.1) is 0 Å². The van der Waals surface area contributed by atoms with Gasteiger partial charge in [-0.25, -0.2) is 4.39 Å². The van der Waals surface area contributed by atoms with E-state index in [9.17, 15) is 9.18 Å². The van der Waals surface area contributed by atoms with Gasteiger partial charge >= 0.3 is 0 Å². The molecule has 0 unspecified atom stereocenters. The lowest BCUT2D eigenvalue weighted by atomic mass is 10.3. The second kappa shape index (κ2) is 6.85. The molecule has 0 aliphatic heterocycles. The van der Waals surface area contributed by atoms with Crippen molar-refractivity contribution in [1.82, 2.24) is 5.32 Å². The third kappa shape index (κ3) is 5.31. The van der Waals surface area contributed by atoms with E-state index in [2.05, 4.69) is 10.1 Å². The van der Waals surface area contributed by atoms with Gasteiger partial charge in [0.05, 0.1) is 6.54 Å². The van der Waals surface area contributed by atoms with Crippen molar-refractivity contribution in [2.24, 2.45) is 0 Å². The van der Waals surface area contributed by atoms with Gasteiger partial charge in [-0.05, 0) is 31.2 Å². The van der Waals surface area contributed by atoms with E-state index in [1.165, 1.54) is 19.2 Å². The molecule has 1 atom stereocenters. The summed E-state index contributed by atoms with van der Waals surface area (Å²) in [5.41, 5.74) is 0. The average molecular weight is 241 g/mol. The maximum Gasteiger partial charge on any atom is 0.246 e. The molecule has 0 aliphatic carbocycles. The number of carbonyl (C=O) groups is 1. The lowest BCUT2D eigenvalue weighted by Gasteiger charge is -2.15. The second-order valence-electron chi connectivity index (χ2n) is 3.62. The second-order valence-corrected chi connectivity index (χ2v) is 3.62. The molecule has 17 heavy (non-hydrogen) atoms. The molecule has 0 bridgehead atoms. The number of carbonyl (C=O) groups excluding carboxylic acids is 1. The molecule has 1 aromatic rings. The van der Waals surface area contributed by atoms with E-state index in [1.807, 2.05) is 6.92 Å². The van der Waals surface area contributed by atoms with Crippen molar-refractivity contribution >= 4 is 5.91 Å². The summed E-state index contributed by atoms with van der Waals surface area (Å²) in [4.78, 5) is 11.1. The van der Waals surface area contributed by atoms with Crippen LogP contribution in [0.5, 0.6) is 5.75 Å². The summed E-state index contributed by atoms with van der Waals surface area (Å²) in [7, 11) is 1.46. The molecule has 1 amide bonds. The number of amides is 1. The lowest BCUT2D eigenvalue weighted by molar-refractivity contribution is -0.125. The molecule has 0 aromatic heterocycles. The van der Waals surface area contributed by atoms with Gasteiger partial charge in [0.1, 0.15) is 24.3 Å². The smallest absolute Gasteiger partial charge is 0.246 e. The van der Waals surface area contributed by atoms with Crippen molar-refractivity contribution in [3.05, 3.63) is 30.1 Å². The highest BCUT2D eigenvalue weighted by molar-refractivity contribution is 5.77. The fourth-order valence-electron chi connectivity index (χ4n) is 1.23. The maximum absolute atomic E-state index is 12.6. The van der Waals surface area contributed by atoms with Crippen molar-refractivity contribution in [2.45, 2.75) is 13.0 Å². The summed E-state index contributed by atoms with van der Waals surface area (Å²) in [6, 6.07) is 5.74. The third-order valence-corrected chi connectivity index (χ3v) is 2.01. The molecule has 0 saturated heterocycles. The van der Waals surface area contributed by atoms with E-state index in [-0.39, 0.29) is 24.4 Å². The molecule has 94 valence electrons. The van der Waals surface area contributed by atoms with Crippen LogP contribution in [0.15, 0.2) is 24.3 Å². The van der Waals surface area contributed by atoms with Crippen LogP contribution in [0.2, 0.25) is 0 Å². The number of rotatable bonds is 6. The van der Waals surface area contributed by atoms with Crippen LogP contribution in [0.25, 0.3) is 0 Å². The van der Waals surface area contributed by atoms with Crippen molar-refractivity contribution < 1.29 is 18.7 Å². The number of hydrogen-bond acceptors (Lipinski definition) is 3. The number of methoxy groups -OCH3 is 1. The summed E-state index contributed by atoms with van der Waals surface area (Å²) < 4.78 is 22.8. The third-order valence-electron chi connectivity index (χ3n) is 2.01. The van der Waals surface area contributed by atoms with E-state index in [1.54, 1.807) is 12.1 Å². The SMILES string of the molecule is COCC(=O)NC[C@H](C)Oc1ccc(F)cc1. The predicted molar refractivity (Wildman–Crippen MR) is 61.4 cm³/mol. The zero-order chi connectivity index (χ0) is 12.7. The zero-order valence-corrected chi connectivity index (χ0v) is 9.90. The first-order valence-electron chi connectivity index (χ1n) is 5.29. The Kier molecular flexibility index (Phi) is 5.42. The van der Waals surface area contributed by atoms with E-state index >= 15 is 0 Å². The molecular weight excluding hydrogens is 225 g/mol. The number of halogens is 1. The molecule has 0 aliphatic rings. The van der Waals surface area contributed by atoms with Crippen LogP contribution in [-0.4, -0.2) is 32.3 Å². The first-order valence-corrected chi connectivity index (χ1v) is 5.29. The Bertz CT molecular complexity index is 353. The van der Waals surface area contributed by atoms with Crippen molar-refractivity contribution in [3.63, 3.8) is 0 Å². The molecule has 0 saturated carbocycles. The molecule has 1 N–H and O–H groups in total. The summed E-state index contributed by atoms with van der Waals surface area (Å²) in [5, 5.41) is 2.65. The van der Waals surface area contributed by atoms with Crippen molar-refractivity contribution in [3.8, 4) is 5.75 Å². The van der Waals surface area contributed by atoms with Crippen molar-refractivity contribution in [2.75, 3.05) is 20.3 Å². The lowest BCUT2D eigenvalue weighted by Crippen LogP contribution is -2.35. The first-order chi connectivity index (χ1) is 8.11. The highest BCUT2D eigenvalue weighted by Crippen LogP contribution is 2.12. The van der Waals surface area contributed by atoms with Crippen LogP contribution in [0, 0.1) is 5.82 Å². The van der Waals surface area contributed by atoms with Gasteiger partial charge in [-0.2, -0.15) is 0 Å². The van der Waals surface area contributed by atoms with Crippen LogP contribution < -0.4 is 10.1 Å². The summed E-state index contributed by atoms with van der Waals surface area (Å²) in [6.45, 7) is 2.22. The minimum atomic E-state index is -0.307. The monoisotopic (exact) mass is 241 g/mol. The average Bonchev–Trinajstić information content (AvgIpc) is 2.30. The summed E-state index contributed by atoms with van der Waals surface area (Å²) in [6.07, 6.45) is -0.193. The number of ether oxygens (including phenoxy) is 2. The maximum atomic E-state index is 12.6. The number of benzene rings is 1. The van der Waals surface area contributed by atoms with Gasteiger partial charge in [-0.3, -0.25) is 4.79 Å². The van der Waals surface area contributed by atoms with Gasteiger partial charge in [0.15, 0.2) is 0 Å². The fourth-order valence-corrected chi connectivity index (χ4v) is 1.23. The van der Waals surface area contributed by atoms with Crippen LogP contribution in [-0.2, 0) is 9.53 Å². The molecule has 0 fully saturated rings. The molecule has 4 nitrogen and oxygen atoms in total. The summed E-state index contributed by atoms with van der Waals surface area (Å²) in [5.74, 6) is 0.0698. The first kappa shape index (κ1) is 13.4. The molecular formula is C12H16FNO3. The Morgan fingerprint density at radius 1 is 1.41 bits per heavy atom. The van der Waals surface area contributed by atoms with Crippen LogP contribution >= 0.6 is 0 Å². The molecule has 1 rings (SSSR count). The Labute approximate surface area is 99.7 Å². The van der Waals surface area contributed by atoms with E-state index in [0.717, 1.165) is 0 Å². The highest BCUT2D eigenvalue weighted by atomic mass is 19.1. The Morgan fingerprint density at radius 2 is 2.06 bits per heavy atom. The number of nitrogens with one attached hydrogen (secondary N) is 1. The molecule has 0 radical (unpaired) electrons. The van der Waals surface area contributed by atoms with Gasteiger partial charge < -0.3 is 14.8 Å². The van der Waals surface area contributed by atoms with Crippen LogP contribution in [0.3, 0.4) is 0 Å². The van der Waals surface area contributed by atoms with E-state index in [0.29, 0.717) is 12.3 Å². The Balaban J connectivity index is 2.31. The molecule has 5 heteroatoms. The molecule has 0 heterocycles. The topological polar surface area (TPSA) is 47.6 Å². The van der Waals surface area contributed by atoms with E-state index < -0.39 is 0 Å². The van der Waals surface area contributed by atoms with Gasteiger partial charge in [-0.1, -0.05) is 0 Å². The zero-order valence-electron chi connectivity index (χ0n) is 9.90. The van der Waals surface area contributed by atoms with Gasteiger partial charge in [0.2, 0.25) is 5.91 Å². The summed E-state index contributed by atoms with van der Waals surface area (Å²) >= 11 is 0. The van der Waals surface area contributed by atoms with E-state index in [4.69, 9.17) is 4.74 Å². The van der Waals surface area contributed by atoms with Gasteiger partial charge in [0, 0.05) is 7.11 Å². The predicted octanol–water partition coefficient (Wildman–Crippen LogP) is 1.36. The molecule has 0 spiro atoms. The van der Waals surface area contributed by atoms with Crippen molar-refractivity contribution in [1.29, 1.82) is 0 Å². The molecule has 1 aromatic carbocycles. The van der Waals surface area contributed by atoms with Gasteiger partial charge in [0.25, 0.3) is 0 Å². The normalized spacial score (nSPS) is 11.9. The standard InChI is InChI=1S/C12H16FNO3/c1-9(7-14-12(15)8-16-2)17-11-5-3-10(13)4-6-11/h3-6,9H,7-8H2,1-2H3,(H,14,15)/t9-/m0/s1. The Morgan fingerprint density at radius 3 is 2.65 bits per heavy atom. The quantitative estimate of drug-likeness (QED) is 0.818. The minimum absolute atomic E-state index is 0.0310. The highest BCUT2D eigenvalue weighted by Gasteiger charge is 2.06. The largest absolute Gasteiger partial charge is 0.489 e. The Hall–Kier alpha value is -1.62. The van der Waals surface area contributed by atoms with Crippen LogP contribution in [0.1, 0.15) is 6.92 Å². The van der Waals surface area contributed by atoms with Crippen LogP contribution in [0.4, 0.5) is 4.39 Å². The fraction of sp³-hybridized carbons (Fsp3) is 0.417. The minimum Gasteiger partial charge on any atom is -0.489 e.